The lowest BCUT2D eigenvalue weighted by atomic mass is 10.2. The van der Waals surface area contributed by atoms with E-state index in [9.17, 15) is 0 Å². The summed E-state index contributed by atoms with van der Waals surface area (Å²) in [5.74, 6) is 0.693. The fourth-order valence-corrected chi connectivity index (χ4v) is 1.86. The molecule has 0 unspecified atom stereocenters. The second-order valence-electron chi connectivity index (χ2n) is 3.91. The van der Waals surface area contributed by atoms with Gasteiger partial charge in [0.2, 0.25) is 0 Å². The van der Waals surface area contributed by atoms with Crippen molar-refractivity contribution < 1.29 is 0 Å². The quantitative estimate of drug-likeness (QED) is 0.521. The van der Waals surface area contributed by atoms with Gasteiger partial charge in [0, 0.05) is 18.5 Å². The maximum Gasteiger partial charge on any atom is 0.0662 e. The topological polar surface area (TPSA) is 17.8 Å². The summed E-state index contributed by atoms with van der Waals surface area (Å²) in [5, 5.41) is 4.58. The van der Waals surface area contributed by atoms with Gasteiger partial charge in [0.05, 0.1) is 11.7 Å². The van der Waals surface area contributed by atoms with Gasteiger partial charge in [-0.2, -0.15) is 5.10 Å². The van der Waals surface area contributed by atoms with E-state index in [0.717, 1.165) is 31.4 Å². The van der Waals surface area contributed by atoms with Gasteiger partial charge in [-0.25, -0.2) is 0 Å². The molecular formula is C13H21ClN2. The molecule has 1 rings (SSSR count). The van der Waals surface area contributed by atoms with Gasteiger partial charge in [-0.05, 0) is 25.3 Å². The molecule has 0 amide bonds. The number of alkyl halides is 1. The number of nitrogens with zero attached hydrogens (tertiary/aromatic N) is 2. The van der Waals surface area contributed by atoms with E-state index in [1.54, 1.807) is 0 Å². The third-order valence-electron chi connectivity index (χ3n) is 2.75. The Morgan fingerprint density at radius 2 is 2.12 bits per heavy atom. The zero-order chi connectivity index (χ0) is 11.8. The summed E-state index contributed by atoms with van der Waals surface area (Å²) >= 11 is 5.60. The van der Waals surface area contributed by atoms with Gasteiger partial charge in [0.15, 0.2) is 0 Å². The van der Waals surface area contributed by atoms with Crippen molar-refractivity contribution in [3.05, 3.63) is 30.1 Å². The first-order chi connectivity index (χ1) is 7.81. The van der Waals surface area contributed by atoms with Crippen molar-refractivity contribution in [2.45, 2.75) is 45.6 Å². The molecule has 0 aliphatic carbocycles. The van der Waals surface area contributed by atoms with E-state index in [-0.39, 0.29) is 0 Å². The summed E-state index contributed by atoms with van der Waals surface area (Å²) < 4.78 is 2.09. The van der Waals surface area contributed by atoms with Gasteiger partial charge >= 0.3 is 0 Å². The normalized spacial score (nSPS) is 11.8. The van der Waals surface area contributed by atoms with Gasteiger partial charge < -0.3 is 0 Å². The van der Waals surface area contributed by atoms with E-state index in [4.69, 9.17) is 11.6 Å². The number of rotatable bonds is 7. The Bertz CT molecular complexity index is 313. The highest BCUT2D eigenvalue weighted by Gasteiger charge is 2.06. The average molecular weight is 241 g/mol. The van der Waals surface area contributed by atoms with Crippen LogP contribution in [0.25, 0.3) is 0 Å². The lowest BCUT2D eigenvalue weighted by Crippen LogP contribution is -2.07. The van der Waals surface area contributed by atoms with E-state index < -0.39 is 0 Å². The van der Waals surface area contributed by atoms with E-state index in [2.05, 4.69) is 48.0 Å². The molecular weight excluding hydrogens is 220 g/mol. The molecule has 1 aromatic rings. The van der Waals surface area contributed by atoms with Gasteiger partial charge in [-0.1, -0.05) is 26.0 Å². The molecule has 1 heterocycles. The minimum Gasteiger partial charge on any atom is -0.269 e. The second kappa shape index (κ2) is 7.50. The van der Waals surface area contributed by atoms with Crippen LogP contribution in [0.5, 0.6) is 0 Å². The summed E-state index contributed by atoms with van der Waals surface area (Å²) in [6.07, 6.45) is 10.5. The summed E-state index contributed by atoms with van der Waals surface area (Å²) in [4.78, 5) is 0. The Morgan fingerprint density at radius 3 is 2.75 bits per heavy atom. The molecule has 0 spiro atoms. The van der Waals surface area contributed by atoms with Crippen molar-refractivity contribution in [1.29, 1.82) is 0 Å². The van der Waals surface area contributed by atoms with Crippen LogP contribution in [-0.4, -0.2) is 15.7 Å². The standard InChI is InChI=1S/C13H21ClN2/c1-3-13(4-2)16-11-9-12(15-16)8-6-5-7-10-14/h5-6,9,11,13H,3-4,7-8,10H2,1-2H3. The molecule has 0 N–H and O–H groups in total. The largest absolute Gasteiger partial charge is 0.269 e. The fraction of sp³-hybridized carbons (Fsp3) is 0.615. The molecule has 0 saturated heterocycles. The Hall–Kier alpha value is -0.760. The van der Waals surface area contributed by atoms with Gasteiger partial charge in [-0.3, -0.25) is 4.68 Å². The third kappa shape index (κ3) is 4.01. The fourth-order valence-electron chi connectivity index (χ4n) is 1.74. The number of hydrogen-bond acceptors (Lipinski definition) is 1. The Labute approximate surface area is 103 Å². The minimum atomic E-state index is 0.542. The molecule has 0 aromatic carbocycles. The summed E-state index contributed by atoms with van der Waals surface area (Å²) in [5.41, 5.74) is 1.14. The predicted molar refractivity (Wildman–Crippen MR) is 70.0 cm³/mol. The molecule has 16 heavy (non-hydrogen) atoms. The Kier molecular flexibility index (Phi) is 6.24. The summed E-state index contributed by atoms with van der Waals surface area (Å²) in [7, 11) is 0. The molecule has 2 nitrogen and oxygen atoms in total. The maximum absolute atomic E-state index is 5.60. The molecule has 0 aliphatic heterocycles. The first-order valence-electron chi connectivity index (χ1n) is 6.06. The van der Waals surface area contributed by atoms with Crippen LogP contribution in [-0.2, 0) is 6.42 Å². The molecule has 0 radical (unpaired) electrons. The zero-order valence-electron chi connectivity index (χ0n) is 10.2. The SMILES string of the molecule is CCC(CC)n1ccc(CC=CCCCl)n1. The van der Waals surface area contributed by atoms with Crippen LogP contribution in [0.15, 0.2) is 24.4 Å². The molecule has 0 aliphatic rings. The predicted octanol–water partition coefficient (Wildman–Crippen LogP) is 3.97. The van der Waals surface area contributed by atoms with Crippen molar-refractivity contribution in [1.82, 2.24) is 9.78 Å². The maximum atomic E-state index is 5.60. The lowest BCUT2D eigenvalue weighted by Gasteiger charge is -2.12. The molecule has 1 aromatic heterocycles. The summed E-state index contributed by atoms with van der Waals surface area (Å²) in [6, 6.07) is 2.64. The monoisotopic (exact) mass is 240 g/mol. The van der Waals surface area contributed by atoms with Crippen molar-refractivity contribution in [2.75, 3.05) is 5.88 Å². The van der Waals surface area contributed by atoms with Crippen molar-refractivity contribution in [3.63, 3.8) is 0 Å². The van der Waals surface area contributed by atoms with E-state index >= 15 is 0 Å². The summed E-state index contributed by atoms with van der Waals surface area (Å²) in [6.45, 7) is 4.41. The van der Waals surface area contributed by atoms with Crippen LogP contribution < -0.4 is 0 Å². The van der Waals surface area contributed by atoms with Crippen molar-refractivity contribution >= 4 is 11.6 Å². The van der Waals surface area contributed by atoms with E-state index in [1.807, 2.05) is 0 Å². The highest BCUT2D eigenvalue weighted by Crippen LogP contribution is 2.14. The van der Waals surface area contributed by atoms with Crippen LogP contribution in [0, 0.1) is 0 Å². The van der Waals surface area contributed by atoms with Crippen LogP contribution in [0.1, 0.15) is 44.8 Å². The number of aromatic nitrogens is 2. The van der Waals surface area contributed by atoms with E-state index in [0.29, 0.717) is 11.9 Å². The number of halogens is 1. The van der Waals surface area contributed by atoms with Crippen LogP contribution >= 0.6 is 11.6 Å². The first-order valence-corrected chi connectivity index (χ1v) is 6.60. The van der Waals surface area contributed by atoms with Crippen LogP contribution in [0.2, 0.25) is 0 Å². The third-order valence-corrected chi connectivity index (χ3v) is 2.97. The van der Waals surface area contributed by atoms with Gasteiger partial charge in [0.1, 0.15) is 0 Å². The molecule has 90 valence electrons. The van der Waals surface area contributed by atoms with Gasteiger partial charge in [-0.15, -0.1) is 11.6 Å². The zero-order valence-corrected chi connectivity index (χ0v) is 11.0. The average Bonchev–Trinajstić information content (AvgIpc) is 2.75. The highest BCUT2D eigenvalue weighted by molar-refractivity contribution is 6.17. The highest BCUT2D eigenvalue weighted by atomic mass is 35.5. The Morgan fingerprint density at radius 1 is 1.38 bits per heavy atom. The molecule has 0 saturated carbocycles. The van der Waals surface area contributed by atoms with Crippen LogP contribution in [0.4, 0.5) is 0 Å². The number of allylic oxidation sites excluding steroid dienone is 2. The van der Waals surface area contributed by atoms with Crippen molar-refractivity contribution in [3.8, 4) is 0 Å². The smallest absolute Gasteiger partial charge is 0.0662 e. The number of hydrogen-bond donors (Lipinski definition) is 0. The molecule has 0 fully saturated rings. The first kappa shape index (κ1) is 13.3. The second-order valence-corrected chi connectivity index (χ2v) is 4.29. The molecule has 0 bridgehead atoms. The minimum absolute atomic E-state index is 0.542. The molecule has 3 heteroatoms. The lowest BCUT2D eigenvalue weighted by molar-refractivity contribution is 0.426. The molecule has 0 atom stereocenters. The Balaban J connectivity index is 2.50. The van der Waals surface area contributed by atoms with Gasteiger partial charge in [0.25, 0.3) is 0 Å². The van der Waals surface area contributed by atoms with Crippen LogP contribution in [0.3, 0.4) is 0 Å². The van der Waals surface area contributed by atoms with E-state index in [1.165, 1.54) is 0 Å². The van der Waals surface area contributed by atoms with Crippen molar-refractivity contribution in [2.24, 2.45) is 0 Å².